The molecule has 1 aliphatic heterocycles. The molecule has 1 fully saturated rings. The number of carboxylic acids is 1. The molecule has 1 N–H and O–H groups in total. The van der Waals surface area contributed by atoms with E-state index in [9.17, 15) is 9.90 Å². The van der Waals surface area contributed by atoms with Crippen molar-refractivity contribution in [2.45, 2.75) is 25.8 Å². The van der Waals surface area contributed by atoms with Gasteiger partial charge in [-0.1, -0.05) is 19.1 Å². The van der Waals surface area contributed by atoms with E-state index in [1.165, 1.54) is 6.42 Å². The van der Waals surface area contributed by atoms with Gasteiger partial charge < -0.3 is 10.0 Å². The third kappa shape index (κ3) is 3.31. The lowest BCUT2D eigenvalue weighted by molar-refractivity contribution is -0.144. The van der Waals surface area contributed by atoms with E-state index in [1.807, 2.05) is 43.3 Å². The lowest BCUT2D eigenvalue weighted by Gasteiger charge is -2.35. The van der Waals surface area contributed by atoms with Crippen LogP contribution in [0.2, 0.25) is 0 Å². The first-order valence-corrected chi connectivity index (χ1v) is 7.23. The predicted molar refractivity (Wildman–Crippen MR) is 81.1 cm³/mol. The Bertz CT molecular complexity index is 456. The van der Waals surface area contributed by atoms with Crippen LogP contribution in [0.5, 0.6) is 0 Å². The molecular formula is C16H24N2O2. The van der Waals surface area contributed by atoms with E-state index in [4.69, 9.17) is 0 Å². The molecule has 0 radical (unpaired) electrons. The summed E-state index contributed by atoms with van der Waals surface area (Å²) in [6.07, 6.45) is 2.28. The second-order valence-electron chi connectivity index (χ2n) is 5.97. The lowest BCUT2D eigenvalue weighted by atomic mass is 9.96. The molecule has 1 aromatic rings. The van der Waals surface area contributed by atoms with Crippen LogP contribution >= 0.6 is 0 Å². The lowest BCUT2D eigenvalue weighted by Crippen LogP contribution is -2.40. The summed E-state index contributed by atoms with van der Waals surface area (Å²) in [7, 11) is 3.96. The van der Waals surface area contributed by atoms with Crippen molar-refractivity contribution in [3.8, 4) is 0 Å². The Balaban J connectivity index is 2.21. The number of aliphatic carboxylic acids is 1. The average molecular weight is 276 g/mol. The summed E-state index contributed by atoms with van der Waals surface area (Å²) in [5, 5.41) is 9.59. The van der Waals surface area contributed by atoms with Crippen molar-refractivity contribution in [3.63, 3.8) is 0 Å². The molecule has 0 bridgehead atoms. The summed E-state index contributed by atoms with van der Waals surface area (Å²) >= 11 is 0. The van der Waals surface area contributed by atoms with Gasteiger partial charge in [-0.25, -0.2) is 0 Å². The second-order valence-corrected chi connectivity index (χ2v) is 5.97. The molecule has 4 heteroatoms. The number of nitrogens with zero attached hydrogens (tertiary/aromatic N) is 2. The van der Waals surface area contributed by atoms with Crippen molar-refractivity contribution in [1.82, 2.24) is 4.90 Å². The van der Waals surface area contributed by atoms with E-state index in [1.54, 1.807) is 0 Å². The van der Waals surface area contributed by atoms with Crippen LogP contribution < -0.4 is 4.90 Å². The normalized spacial score (nSPS) is 21.4. The molecular weight excluding hydrogens is 252 g/mol. The molecule has 1 aliphatic rings. The summed E-state index contributed by atoms with van der Waals surface area (Å²) < 4.78 is 0. The highest BCUT2D eigenvalue weighted by molar-refractivity contribution is 5.75. The van der Waals surface area contributed by atoms with Gasteiger partial charge in [-0.3, -0.25) is 9.69 Å². The molecule has 0 aromatic heterocycles. The van der Waals surface area contributed by atoms with Gasteiger partial charge >= 0.3 is 5.97 Å². The van der Waals surface area contributed by atoms with Gasteiger partial charge in [0.2, 0.25) is 0 Å². The highest BCUT2D eigenvalue weighted by Gasteiger charge is 2.30. The standard InChI is InChI=1S/C16H24N2O2/c1-12-5-4-10-18(11-12)15(16(19)20)13-6-8-14(9-7-13)17(2)3/h6-9,12,15H,4-5,10-11H2,1-3H3,(H,19,20). The van der Waals surface area contributed by atoms with Crippen molar-refractivity contribution in [3.05, 3.63) is 29.8 Å². The average Bonchev–Trinajstić information content (AvgIpc) is 2.39. The quantitative estimate of drug-likeness (QED) is 0.918. The Morgan fingerprint density at radius 1 is 1.35 bits per heavy atom. The highest BCUT2D eigenvalue weighted by Crippen LogP contribution is 2.28. The van der Waals surface area contributed by atoms with Crippen LogP contribution in [0.15, 0.2) is 24.3 Å². The van der Waals surface area contributed by atoms with Gasteiger partial charge in [-0.05, 0) is 43.0 Å². The molecule has 0 saturated carbocycles. The number of piperidine rings is 1. The van der Waals surface area contributed by atoms with Gasteiger partial charge in [-0.15, -0.1) is 0 Å². The number of benzene rings is 1. The maximum absolute atomic E-state index is 11.7. The molecule has 1 saturated heterocycles. The SMILES string of the molecule is CC1CCCN(C(C(=O)O)c2ccc(N(C)C)cc2)C1. The monoisotopic (exact) mass is 276 g/mol. The van der Waals surface area contributed by atoms with Crippen LogP contribution in [0.1, 0.15) is 31.4 Å². The maximum atomic E-state index is 11.7. The Kier molecular flexibility index (Phi) is 4.65. The topological polar surface area (TPSA) is 43.8 Å². The maximum Gasteiger partial charge on any atom is 0.325 e. The minimum atomic E-state index is -0.753. The van der Waals surface area contributed by atoms with Gasteiger partial charge in [0, 0.05) is 26.3 Å². The molecule has 110 valence electrons. The largest absolute Gasteiger partial charge is 0.480 e. The number of carbonyl (C=O) groups is 1. The van der Waals surface area contributed by atoms with Crippen molar-refractivity contribution in [2.75, 3.05) is 32.1 Å². The molecule has 0 spiro atoms. The summed E-state index contributed by atoms with van der Waals surface area (Å²) in [4.78, 5) is 15.8. The number of hydrogen-bond donors (Lipinski definition) is 1. The summed E-state index contributed by atoms with van der Waals surface area (Å²) in [6, 6.07) is 7.33. The fraction of sp³-hybridized carbons (Fsp3) is 0.562. The van der Waals surface area contributed by atoms with Crippen molar-refractivity contribution < 1.29 is 9.90 Å². The van der Waals surface area contributed by atoms with Gasteiger partial charge in [0.1, 0.15) is 6.04 Å². The van der Waals surface area contributed by atoms with Crippen LogP contribution in [0, 0.1) is 5.92 Å². The number of hydrogen-bond acceptors (Lipinski definition) is 3. The molecule has 2 unspecified atom stereocenters. The van der Waals surface area contributed by atoms with Crippen molar-refractivity contribution in [1.29, 1.82) is 0 Å². The second kappa shape index (κ2) is 6.27. The van der Waals surface area contributed by atoms with E-state index in [0.29, 0.717) is 5.92 Å². The third-order valence-electron chi connectivity index (χ3n) is 4.01. The zero-order chi connectivity index (χ0) is 14.7. The Morgan fingerprint density at radius 2 is 2.00 bits per heavy atom. The van der Waals surface area contributed by atoms with E-state index in [2.05, 4.69) is 11.8 Å². The molecule has 0 aliphatic carbocycles. The molecule has 2 atom stereocenters. The smallest absolute Gasteiger partial charge is 0.325 e. The third-order valence-corrected chi connectivity index (χ3v) is 4.01. The summed E-state index contributed by atoms with van der Waals surface area (Å²) in [5.74, 6) is -0.177. The number of rotatable bonds is 4. The van der Waals surface area contributed by atoms with Crippen LogP contribution in [0.4, 0.5) is 5.69 Å². The minimum absolute atomic E-state index is 0.519. The Morgan fingerprint density at radius 3 is 2.50 bits per heavy atom. The van der Waals surface area contributed by atoms with E-state index >= 15 is 0 Å². The van der Waals surface area contributed by atoms with Gasteiger partial charge in [-0.2, -0.15) is 0 Å². The van der Waals surface area contributed by atoms with E-state index in [0.717, 1.165) is 30.8 Å². The van der Waals surface area contributed by atoms with Crippen LogP contribution in [0.25, 0.3) is 0 Å². The first-order chi connectivity index (χ1) is 9.49. The molecule has 2 rings (SSSR count). The number of anilines is 1. The van der Waals surface area contributed by atoms with Crippen molar-refractivity contribution >= 4 is 11.7 Å². The minimum Gasteiger partial charge on any atom is -0.480 e. The predicted octanol–water partition coefficient (Wildman–Crippen LogP) is 2.61. The molecule has 0 amide bonds. The van der Waals surface area contributed by atoms with Gasteiger partial charge in [0.05, 0.1) is 0 Å². The zero-order valence-corrected chi connectivity index (χ0v) is 12.5. The Hall–Kier alpha value is -1.55. The molecule has 20 heavy (non-hydrogen) atoms. The zero-order valence-electron chi connectivity index (χ0n) is 12.5. The molecule has 4 nitrogen and oxygen atoms in total. The van der Waals surface area contributed by atoms with Crippen LogP contribution in [-0.4, -0.2) is 43.2 Å². The van der Waals surface area contributed by atoms with Crippen molar-refractivity contribution in [2.24, 2.45) is 5.92 Å². The van der Waals surface area contributed by atoms with E-state index < -0.39 is 12.0 Å². The first kappa shape index (κ1) is 14.9. The van der Waals surface area contributed by atoms with Gasteiger partial charge in [0.15, 0.2) is 0 Å². The Labute approximate surface area is 121 Å². The van der Waals surface area contributed by atoms with Crippen LogP contribution in [-0.2, 0) is 4.79 Å². The summed E-state index contributed by atoms with van der Waals surface area (Å²) in [5.41, 5.74) is 1.96. The fourth-order valence-electron chi connectivity index (χ4n) is 2.92. The van der Waals surface area contributed by atoms with Gasteiger partial charge in [0.25, 0.3) is 0 Å². The molecule has 1 aromatic carbocycles. The highest BCUT2D eigenvalue weighted by atomic mass is 16.4. The van der Waals surface area contributed by atoms with Crippen LogP contribution in [0.3, 0.4) is 0 Å². The molecule has 1 heterocycles. The van der Waals surface area contributed by atoms with E-state index in [-0.39, 0.29) is 0 Å². The number of likely N-dealkylation sites (tertiary alicyclic amines) is 1. The summed E-state index contributed by atoms with van der Waals surface area (Å²) in [6.45, 7) is 3.93. The first-order valence-electron chi connectivity index (χ1n) is 7.23. The fourth-order valence-corrected chi connectivity index (χ4v) is 2.92. The number of carboxylic acid groups (broad SMARTS) is 1.